The lowest BCUT2D eigenvalue weighted by atomic mass is 10.1. The molecule has 6 nitrogen and oxygen atoms in total. The summed E-state index contributed by atoms with van der Waals surface area (Å²) in [7, 11) is 1.66. The minimum atomic E-state index is 0.0881. The first-order chi connectivity index (χ1) is 14.2. The van der Waals surface area contributed by atoms with Crippen molar-refractivity contribution in [2.24, 2.45) is 0 Å². The summed E-state index contributed by atoms with van der Waals surface area (Å²) < 4.78 is 11.1. The lowest BCUT2D eigenvalue weighted by molar-refractivity contribution is -0.131. The minimum absolute atomic E-state index is 0.0881. The van der Waals surface area contributed by atoms with Gasteiger partial charge in [0.2, 0.25) is 17.7 Å². The lowest BCUT2D eigenvalue weighted by Gasteiger charge is -2.20. The average Bonchev–Trinajstić information content (AvgIpc) is 3.23. The monoisotopic (exact) mass is 393 g/mol. The van der Waals surface area contributed by atoms with E-state index < -0.39 is 0 Å². The van der Waals surface area contributed by atoms with Gasteiger partial charge in [-0.1, -0.05) is 48.5 Å². The van der Waals surface area contributed by atoms with E-state index in [1.807, 2.05) is 66.4 Å². The second kappa shape index (κ2) is 10.4. The molecule has 29 heavy (non-hydrogen) atoms. The van der Waals surface area contributed by atoms with Crippen LogP contribution in [0, 0.1) is 0 Å². The van der Waals surface area contributed by atoms with Crippen LogP contribution in [0.2, 0.25) is 0 Å². The number of hydrogen-bond donors (Lipinski definition) is 0. The number of carbonyl (C=O) groups excluding carboxylic acids is 1. The maximum atomic E-state index is 12.6. The topological polar surface area (TPSA) is 68.5 Å². The Morgan fingerprint density at radius 1 is 0.966 bits per heavy atom. The fraction of sp³-hybridized carbons (Fsp3) is 0.348. The molecule has 0 aliphatic rings. The number of para-hydroxylation sites is 1. The van der Waals surface area contributed by atoms with Crippen LogP contribution in [0.4, 0.5) is 0 Å². The van der Waals surface area contributed by atoms with E-state index in [4.69, 9.17) is 9.15 Å². The van der Waals surface area contributed by atoms with E-state index in [2.05, 4.69) is 10.2 Å². The molecule has 0 saturated heterocycles. The van der Waals surface area contributed by atoms with Gasteiger partial charge in [-0.2, -0.15) is 0 Å². The standard InChI is InChI=1S/C23H27N3O3/c1-3-26(17-18-9-5-4-6-10-18)23(27)16-15-22-25-24-21(29-22)14-13-19-11-7-8-12-20(19)28-2/h4-12H,3,13-17H2,1-2H3. The Morgan fingerprint density at radius 3 is 2.38 bits per heavy atom. The van der Waals surface area contributed by atoms with Crippen molar-refractivity contribution in [3.05, 3.63) is 77.5 Å². The van der Waals surface area contributed by atoms with Crippen molar-refractivity contribution >= 4 is 5.91 Å². The third-order valence-corrected chi connectivity index (χ3v) is 4.81. The van der Waals surface area contributed by atoms with Crippen LogP contribution in [0.3, 0.4) is 0 Å². The molecular weight excluding hydrogens is 366 g/mol. The van der Waals surface area contributed by atoms with Crippen LogP contribution in [0.25, 0.3) is 0 Å². The SMILES string of the molecule is CCN(Cc1ccccc1)C(=O)CCc1nnc(CCc2ccccc2OC)o1. The molecule has 0 radical (unpaired) electrons. The van der Waals surface area contributed by atoms with Gasteiger partial charge in [-0.05, 0) is 30.5 Å². The Kier molecular flexibility index (Phi) is 7.39. The fourth-order valence-electron chi connectivity index (χ4n) is 3.19. The summed E-state index contributed by atoms with van der Waals surface area (Å²) >= 11 is 0. The quantitative estimate of drug-likeness (QED) is 0.523. The molecule has 0 fully saturated rings. The lowest BCUT2D eigenvalue weighted by Crippen LogP contribution is -2.30. The van der Waals surface area contributed by atoms with Gasteiger partial charge in [-0.3, -0.25) is 4.79 Å². The second-order valence-electron chi connectivity index (χ2n) is 6.79. The molecule has 0 aliphatic carbocycles. The first-order valence-electron chi connectivity index (χ1n) is 9.94. The third kappa shape index (κ3) is 5.91. The van der Waals surface area contributed by atoms with Crippen molar-refractivity contribution in [2.45, 2.75) is 39.2 Å². The molecule has 3 aromatic rings. The molecular formula is C23H27N3O3. The molecule has 0 bridgehead atoms. The van der Waals surface area contributed by atoms with E-state index in [0.29, 0.717) is 44.1 Å². The van der Waals surface area contributed by atoms with Crippen molar-refractivity contribution < 1.29 is 13.9 Å². The number of aryl methyl sites for hydroxylation is 3. The molecule has 1 aromatic heterocycles. The third-order valence-electron chi connectivity index (χ3n) is 4.81. The Hall–Kier alpha value is -3.15. The number of benzene rings is 2. The Balaban J connectivity index is 1.50. The number of carbonyl (C=O) groups is 1. The molecule has 1 heterocycles. The minimum Gasteiger partial charge on any atom is -0.496 e. The van der Waals surface area contributed by atoms with E-state index in [-0.39, 0.29) is 5.91 Å². The molecule has 152 valence electrons. The Labute approximate surface area is 171 Å². The molecule has 0 N–H and O–H groups in total. The van der Waals surface area contributed by atoms with E-state index in [0.717, 1.165) is 23.3 Å². The maximum absolute atomic E-state index is 12.6. The normalized spacial score (nSPS) is 10.7. The molecule has 0 atom stereocenters. The Bertz CT molecular complexity index is 908. The van der Waals surface area contributed by atoms with Gasteiger partial charge < -0.3 is 14.1 Å². The van der Waals surface area contributed by atoms with E-state index in [1.165, 1.54) is 0 Å². The summed E-state index contributed by atoms with van der Waals surface area (Å²) in [5.41, 5.74) is 2.23. The second-order valence-corrected chi connectivity index (χ2v) is 6.79. The van der Waals surface area contributed by atoms with Gasteiger partial charge in [0.15, 0.2) is 0 Å². The highest BCUT2D eigenvalue weighted by molar-refractivity contribution is 5.76. The summed E-state index contributed by atoms with van der Waals surface area (Å²) in [5.74, 6) is 2.03. The van der Waals surface area contributed by atoms with Gasteiger partial charge in [0.1, 0.15) is 5.75 Å². The van der Waals surface area contributed by atoms with Crippen molar-refractivity contribution in [1.82, 2.24) is 15.1 Å². The predicted octanol–water partition coefficient (Wildman–Crippen LogP) is 3.84. The number of rotatable bonds is 10. The van der Waals surface area contributed by atoms with E-state index in [1.54, 1.807) is 7.11 Å². The molecule has 0 spiro atoms. The predicted molar refractivity (Wildman–Crippen MR) is 111 cm³/mol. The van der Waals surface area contributed by atoms with Crippen molar-refractivity contribution in [2.75, 3.05) is 13.7 Å². The zero-order valence-corrected chi connectivity index (χ0v) is 17.0. The van der Waals surface area contributed by atoms with E-state index >= 15 is 0 Å². The molecule has 1 amide bonds. The summed E-state index contributed by atoms with van der Waals surface area (Å²) in [5, 5.41) is 8.21. The van der Waals surface area contributed by atoms with Gasteiger partial charge >= 0.3 is 0 Å². The molecule has 3 rings (SSSR count). The first-order valence-corrected chi connectivity index (χ1v) is 9.94. The Morgan fingerprint density at radius 2 is 1.66 bits per heavy atom. The van der Waals surface area contributed by atoms with Gasteiger partial charge in [0.05, 0.1) is 7.11 Å². The van der Waals surface area contributed by atoms with Crippen LogP contribution in [-0.4, -0.2) is 34.7 Å². The summed E-state index contributed by atoms with van der Waals surface area (Å²) in [6.07, 6.45) is 2.20. The average molecular weight is 393 g/mol. The first kappa shape index (κ1) is 20.6. The summed E-state index contributed by atoms with van der Waals surface area (Å²) in [4.78, 5) is 14.4. The number of methoxy groups -OCH3 is 1. The van der Waals surface area contributed by atoms with Crippen LogP contribution >= 0.6 is 0 Å². The number of hydrogen-bond acceptors (Lipinski definition) is 5. The van der Waals surface area contributed by atoms with Gasteiger partial charge in [-0.15, -0.1) is 10.2 Å². The number of amides is 1. The highest BCUT2D eigenvalue weighted by atomic mass is 16.5. The number of ether oxygens (including phenoxy) is 1. The van der Waals surface area contributed by atoms with Crippen molar-refractivity contribution in [3.63, 3.8) is 0 Å². The van der Waals surface area contributed by atoms with E-state index in [9.17, 15) is 4.79 Å². The number of nitrogens with zero attached hydrogens (tertiary/aromatic N) is 3. The van der Waals surface area contributed by atoms with Crippen LogP contribution in [0.15, 0.2) is 59.0 Å². The molecule has 0 saturated carbocycles. The maximum Gasteiger partial charge on any atom is 0.223 e. The highest BCUT2D eigenvalue weighted by Gasteiger charge is 2.15. The summed E-state index contributed by atoms with van der Waals surface area (Å²) in [6, 6.07) is 17.9. The van der Waals surface area contributed by atoms with Crippen LogP contribution in [-0.2, 0) is 30.6 Å². The molecule has 0 aliphatic heterocycles. The van der Waals surface area contributed by atoms with Gasteiger partial charge in [0, 0.05) is 32.4 Å². The van der Waals surface area contributed by atoms with Crippen molar-refractivity contribution in [3.8, 4) is 5.75 Å². The highest BCUT2D eigenvalue weighted by Crippen LogP contribution is 2.19. The fourth-order valence-corrected chi connectivity index (χ4v) is 3.19. The van der Waals surface area contributed by atoms with Crippen LogP contribution in [0.1, 0.15) is 36.3 Å². The number of aromatic nitrogens is 2. The largest absolute Gasteiger partial charge is 0.496 e. The zero-order valence-electron chi connectivity index (χ0n) is 17.0. The van der Waals surface area contributed by atoms with Crippen molar-refractivity contribution in [1.29, 1.82) is 0 Å². The molecule has 0 unspecified atom stereocenters. The summed E-state index contributed by atoms with van der Waals surface area (Å²) in [6.45, 7) is 3.27. The van der Waals surface area contributed by atoms with Crippen LogP contribution in [0.5, 0.6) is 5.75 Å². The smallest absolute Gasteiger partial charge is 0.223 e. The van der Waals surface area contributed by atoms with Crippen LogP contribution < -0.4 is 4.74 Å². The van der Waals surface area contributed by atoms with Gasteiger partial charge in [-0.25, -0.2) is 0 Å². The van der Waals surface area contributed by atoms with Gasteiger partial charge in [0.25, 0.3) is 0 Å². The zero-order chi connectivity index (χ0) is 20.5. The molecule has 6 heteroatoms. The molecule has 2 aromatic carbocycles.